The monoisotopic (exact) mass is 491 g/mol. The molecule has 0 aliphatic carbocycles. The molecule has 4 aromatic rings. The summed E-state index contributed by atoms with van der Waals surface area (Å²) in [6.45, 7) is 3.84. The lowest BCUT2D eigenvalue weighted by Gasteiger charge is -2.19. The van der Waals surface area contributed by atoms with Gasteiger partial charge >= 0.3 is 6.36 Å². The molecule has 4 rings (SSSR count). The number of aromatic nitrogens is 1. The van der Waals surface area contributed by atoms with Crippen LogP contribution in [0.3, 0.4) is 0 Å². The van der Waals surface area contributed by atoms with Gasteiger partial charge in [0.05, 0.1) is 18.1 Å². The van der Waals surface area contributed by atoms with Crippen LogP contribution >= 0.6 is 0 Å². The van der Waals surface area contributed by atoms with Crippen molar-refractivity contribution in [2.24, 2.45) is 0 Å². The van der Waals surface area contributed by atoms with Gasteiger partial charge in [-0.05, 0) is 55.2 Å². The molecule has 0 saturated heterocycles. The first kappa shape index (κ1) is 24.9. The molecular formula is C28H24F3N3O2. The van der Waals surface area contributed by atoms with Gasteiger partial charge in [-0.2, -0.15) is 5.26 Å². The summed E-state index contributed by atoms with van der Waals surface area (Å²) in [5.74, 6) is -1.35. The van der Waals surface area contributed by atoms with Crippen LogP contribution in [0.1, 0.15) is 33.5 Å². The number of benzene rings is 3. The lowest BCUT2D eigenvalue weighted by atomic mass is 9.98. The standard InChI is InChI=1S/C28H24F3N3O2/c1-17-11-18(2)13-20(12-17)19-7-8-26(36-28(29,30)31)24(15-19)27(35)34-22(9-10-32)14-21-16-33-25-6-4-3-5-23(21)25/h3-8,11-13,15-16,22,33H,9,14H2,1-2H3,(H,34,35). The highest BCUT2D eigenvalue weighted by atomic mass is 19.4. The summed E-state index contributed by atoms with van der Waals surface area (Å²) in [5.41, 5.74) is 4.87. The highest BCUT2D eigenvalue weighted by Crippen LogP contribution is 2.32. The van der Waals surface area contributed by atoms with E-state index >= 15 is 0 Å². The van der Waals surface area contributed by atoms with Crippen molar-refractivity contribution >= 4 is 16.8 Å². The molecule has 0 aliphatic heterocycles. The second-order valence-corrected chi connectivity index (χ2v) is 8.73. The SMILES string of the molecule is Cc1cc(C)cc(-c2ccc(OC(F)(F)F)c(C(=O)NC(CC#N)Cc3c[nH]c4ccccc34)c2)c1. The van der Waals surface area contributed by atoms with Crippen molar-refractivity contribution in [2.75, 3.05) is 0 Å². The first-order valence-corrected chi connectivity index (χ1v) is 11.3. The van der Waals surface area contributed by atoms with E-state index in [-0.39, 0.29) is 12.0 Å². The van der Waals surface area contributed by atoms with E-state index in [4.69, 9.17) is 0 Å². The van der Waals surface area contributed by atoms with Gasteiger partial charge < -0.3 is 15.0 Å². The number of nitrogens with one attached hydrogen (secondary N) is 2. The van der Waals surface area contributed by atoms with Crippen LogP contribution in [0.15, 0.2) is 66.9 Å². The molecule has 1 amide bonds. The zero-order valence-electron chi connectivity index (χ0n) is 19.7. The first-order chi connectivity index (χ1) is 17.1. The van der Waals surface area contributed by atoms with E-state index in [0.29, 0.717) is 12.0 Å². The number of hydrogen-bond donors (Lipinski definition) is 2. The first-order valence-electron chi connectivity index (χ1n) is 11.3. The fourth-order valence-electron chi connectivity index (χ4n) is 4.36. The second kappa shape index (κ2) is 10.2. The number of carbonyl (C=O) groups is 1. The predicted molar refractivity (Wildman–Crippen MR) is 132 cm³/mol. The normalized spacial score (nSPS) is 12.2. The minimum Gasteiger partial charge on any atom is -0.405 e. The number of fused-ring (bicyclic) bond motifs is 1. The number of ether oxygens (including phenoxy) is 1. The molecular weight excluding hydrogens is 467 g/mol. The molecule has 1 atom stereocenters. The number of halogens is 3. The van der Waals surface area contributed by atoms with Gasteiger partial charge in [-0.15, -0.1) is 13.2 Å². The molecule has 5 nitrogen and oxygen atoms in total. The topological polar surface area (TPSA) is 77.9 Å². The van der Waals surface area contributed by atoms with Crippen molar-refractivity contribution in [1.29, 1.82) is 5.26 Å². The molecule has 3 aromatic carbocycles. The summed E-state index contributed by atoms with van der Waals surface area (Å²) in [6.07, 6.45) is -2.85. The number of alkyl halides is 3. The van der Waals surface area contributed by atoms with Crippen molar-refractivity contribution in [2.45, 2.75) is 39.1 Å². The fourth-order valence-corrected chi connectivity index (χ4v) is 4.36. The second-order valence-electron chi connectivity index (χ2n) is 8.73. The van der Waals surface area contributed by atoms with Crippen molar-refractivity contribution in [3.05, 3.63) is 89.1 Å². The Morgan fingerprint density at radius 2 is 1.78 bits per heavy atom. The van der Waals surface area contributed by atoms with E-state index in [1.165, 1.54) is 12.1 Å². The largest absolute Gasteiger partial charge is 0.573 e. The third-order valence-electron chi connectivity index (χ3n) is 5.82. The summed E-state index contributed by atoms with van der Waals surface area (Å²) in [6, 6.07) is 18.8. The molecule has 36 heavy (non-hydrogen) atoms. The molecule has 1 heterocycles. The van der Waals surface area contributed by atoms with E-state index in [9.17, 15) is 23.2 Å². The highest BCUT2D eigenvalue weighted by Gasteiger charge is 2.33. The third kappa shape index (κ3) is 5.87. The van der Waals surface area contributed by atoms with Crippen LogP contribution in [0, 0.1) is 25.2 Å². The van der Waals surface area contributed by atoms with Gasteiger partial charge in [0, 0.05) is 23.1 Å². The summed E-state index contributed by atoms with van der Waals surface area (Å²) < 4.78 is 43.5. The Morgan fingerprint density at radius 3 is 2.47 bits per heavy atom. The summed E-state index contributed by atoms with van der Waals surface area (Å²) in [4.78, 5) is 16.4. The Kier molecular flexibility index (Phi) is 7.02. The van der Waals surface area contributed by atoms with E-state index in [2.05, 4.69) is 21.1 Å². The highest BCUT2D eigenvalue weighted by molar-refractivity contribution is 5.98. The number of H-pyrrole nitrogens is 1. The predicted octanol–water partition coefficient (Wildman–Crippen LogP) is 6.61. The molecule has 184 valence electrons. The zero-order valence-corrected chi connectivity index (χ0v) is 19.7. The number of aromatic amines is 1. The molecule has 2 N–H and O–H groups in total. The molecule has 0 aliphatic rings. The summed E-state index contributed by atoms with van der Waals surface area (Å²) in [7, 11) is 0. The number of aryl methyl sites for hydroxylation is 2. The van der Waals surface area contributed by atoms with Crippen LogP contribution in [0.5, 0.6) is 5.75 Å². The van der Waals surface area contributed by atoms with Crippen LogP contribution in [0.2, 0.25) is 0 Å². The zero-order chi connectivity index (χ0) is 25.9. The van der Waals surface area contributed by atoms with Crippen LogP contribution in [0.4, 0.5) is 13.2 Å². The maximum atomic E-state index is 13.3. The quantitative estimate of drug-likeness (QED) is 0.306. The van der Waals surface area contributed by atoms with Gasteiger partial charge in [-0.1, -0.05) is 53.6 Å². The van der Waals surface area contributed by atoms with Crippen LogP contribution in [-0.4, -0.2) is 23.3 Å². The third-order valence-corrected chi connectivity index (χ3v) is 5.82. The molecule has 0 fully saturated rings. The Morgan fingerprint density at radius 1 is 1.06 bits per heavy atom. The van der Waals surface area contributed by atoms with Gasteiger partial charge in [-0.25, -0.2) is 0 Å². The Labute approximate surface area is 206 Å². The number of hydrogen-bond acceptors (Lipinski definition) is 3. The number of rotatable bonds is 7. The van der Waals surface area contributed by atoms with Gasteiger partial charge in [-0.3, -0.25) is 4.79 Å². The van der Waals surface area contributed by atoms with Crippen molar-refractivity contribution in [3.8, 4) is 22.9 Å². The lowest BCUT2D eigenvalue weighted by molar-refractivity contribution is -0.274. The van der Waals surface area contributed by atoms with Crippen LogP contribution in [0.25, 0.3) is 22.0 Å². The van der Waals surface area contributed by atoms with Crippen molar-refractivity contribution < 1.29 is 22.7 Å². The van der Waals surface area contributed by atoms with Crippen molar-refractivity contribution in [3.63, 3.8) is 0 Å². The molecule has 0 saturated carbocycles. The summed E-state index contributed by atoms with van der Waals surface area (Å²) in [5, 5.41) is 13.0. The molecule has 0 spiro atoms. The average Bonchev–Trinajstić information content (AvgIpc) is 3.20. The van der Waals surface area contributed by atoms with Gasteiger partial charge in [0.1, 0.15) is 5.75 Å². The number of carbonyl (C=O) groups excluding carboxylic acids is 1. The van der Waals surface area contributed by atoms with Gasteiger partial charge in [0.2, 0.25) is 0 Å². The van der Waals surface area contributed by atoms with E-state index < -0.39 is 24.1 Å². The maximum absolute atomic E-state index is 13.3. The van der Waals surface area contributed by atoms with Gasteiger partial charge in [0.15, 0.2) is 0 Å². The van der Waals surface area contributed by atoms with Gasteiger partial charge in [0.25, 0.3) is 5.91 Å². The minimum atomic E-state index is -4.97. The maximum Gasteiger partial charge on any atom is 0.573 e. The number of nitriles is 1. The Balaban J connectivity index is 1.67. The molecule has 1 aromatic heterocycles. The Bertz CT molecular complexity index is 1430. The average molecular weight is 492 g/mol. The fraction of sp³-hybridized carbons (Fsp3) is 0.214. The molecule has 0 radical (unpaired) electrons. The number of nitrogens with zero attached hydrogens (tertiary/aromatic N) is 1. The number of para-hydroxylation sites is 1. The number of amides is 1. The van der Waals surface area contributed by atoms with E-state index in [0.717, 1.165) is 39.2 Å². The molecule has 8 heteroatoms. The Hall–Kier alpha value is -4.25. The molecule has 0 bridgehead atoms. The minimum absolute atomic E-state index is 0.0164. The van der Waals surface area contributed by atoms with Crippen LogP contribution < -0.4 is 10.1 Å². The summed E-state index contributed by atoms with van der Waals surface area (Å²) >= 11 is 0. The van der Waals surface area contributed by atoms with Crippen molar-refractivity contribution in [1.82, 2.24) is 10.3 Å². The van der Waals surface area contributed by atoms with E-state index in [1.54, 1.807) is 6.20 Å². The van der Waals surface area contributed by atoms with E-state index in [1.807, 2.05) is 56.3 Å². The smallest absolute Gasteiger partial charge is 0.405 e. The molecule has 1 unspecified atom stereocenters. The van der Waals surface area contributed by atoms with Crippen LogP contribution in [-0.2, 0) is 6.42 Å². The lowest BCUT2D eigenvalue weighted by Crippen LogP contribution is -2.36.